The molecule has 0 spiro atoms. The van der Waals surface area contributed by atoms with Gasteiger partial charge in [-0.15, -0.1) is 0 Å². The molecule has 4 heteroatoms. The summed E-state index contributed by atoms with van der Waals surface area (Å²) in [6.07, 6.45) is 2.90. The van der Waals surface area contributed by atoms with Gasteiger partial charge in [0.2, 0.25) is 5.91 Å². The van der Waals surface area contributed by atoms with E-state index >= 15 is 0 Å². The van der Waals surface area contributed by atoms with E-state index in [1.54, 1.807) is 0 Å². The first-order chi connectivity index (χ1) is 11.0. The molecule has 1 aliphatic rings. The zero-order valence-electron chi connectivity index (χ0n) is 14.5. The third kappa shape index (κ3) is 4.90. The Morgan fingerprint density at radius 2 is 2.04 bits per heavy atom. The van der Waals surface area contributed by atoms with Gasteiger partial charge in [0, 0.05) is 31.0 Å². The van der Waals surface area contributed by atoms with E-state index in [2.05, 4.69) is 17.1 Å². The van der Waals surface area contributed by atoms with Crippen LogP contribution in [0.5, 0.6) is 0 Å². The fourth-order valence-electron chi connectivity index (χ4n) is 3.26. The van der Waals surface area contributed by atoms with Crippen LogP contribution in [-0.2, 0) is 4.79 Å². The average molecular weight is 316 g/mol. The third-order valence-electron chi connectivity index (χ3n) is 4.71. The van der Waals surface area contributed by atoms with Crippen molar-refractivity contribution in [3.8, 4) is 0 Å². The topological polar surface area (TPSA) is 49.4 Å². The molecule has 1 heterocycles. The van der Waals surface area contributed by atoms with E-state index < -0.39 is 0 Å². The molecule has 23 heavy (non-hydrogen) atoms. The second-order valence-electron chi connectivity index (χ2n) is 6.47. The molecule has 126 valence electrons. The average Bonchev–Trinajstić information content (AvgIpc) is 3.00. The maximum atomic E-state index is 12.3. The van der Waals surface area contributed by atoms with E-state index in [-0.39, 0.29) is 24.5 Å². The molecule has 1 amide bonds. The molecule has 1 aliphatic heterocycles. The van der Waals surface area contributed by atoms with Crippen LogP contribution in [0.2, 0.25) is 0 Å². The van der Waals surface area contributed by atoms with Crippen molar-refractivity contribution in [2.45, 2.75) is 52.5 Å². The molecular formula is C19H28N2O2. The zero-order valence-corrected chi connectivity index (χ0v) is 14.5. The summed E-state index contributed by atoms with van der Waals surface area (Å²) in [5.41, 5.74) is 2.79. The van der Waals surface area contributed by atoms with Crippen molar-refractivity contribution in [3.05, 3.63) is 34.9 Å². The van der Waals surface area contributed by atoms with Crippen LogP contribution in [0, 0.1) is 13.8 Å². The Bertz CT molecular complexity index is 568. The molecule has 0 bridgehead atoms. The number of carbonyl (C=O) groups is 2. The number of aryl methyl sites for hydroxylation is 2. The van der Waals surface area contributed by atoms with Crippen LogP contribution in [0.15, 0.2) is 18.2 Å². The van der Waals surface area contributed by atoms with Crippen molar-refractivity contribution >= 4 is 11.7 Å². The van der Waals surface area contributed by atoms with Crippen molar-refractivity contribution in [2.24, 2.45) is 0 Å². The Kier molecular flexibility index (Phi) is 6.34. The lowest BCUT2D eigenvalue weighted by Gasteiger charge is -2.22. The van der Waals surface area contributed by atoms with Gasteiger partial charge in [0.15, 0.2) is 5.78 Å². The highest BCUT2D eigenvalue weighted by Gasteiger charge is 2.23. The number of rotatable bonds is 7. The summed E-state index contributed by atoms with van der Waals surface area (Å²) in [5.74, 6) is 0.0315. The highest BCUT2D eigenvalue weighted by Crippen LogP contribution is 2.16. The molecule has 4 nitrogen and oxygen atoms in total. The molecule has 1 atom stereocenters. The number of Topliss-reactive ketones (excluding diaryl/α,β-unsaturated/α-hetero) is 1. The molecule has 2 rings (SSSR count). The second kappa shape index (κ2) is 8.25. The van der Waals surface area contributed by atoms with Crippen molar-refractivity contribution in [1.29, 1.82) is 0 Å². The Morgan fingerprint density at radius 1 is 1.26 bits per heavy atom. The van der Waals surface area contributed by atoms with Crippen LogP contribution in [0.4, 0.5) is 0 Å². The fourth-order valence-corrected chi connectivity index (χ4v) is 3.26. The minimum absolute atomic E-state index is 0.0217. The lowest BCUT2D eigenvalue weighted by Crippen LogP contribution is -2.40. The molecule has 0 aromatic heterocycles. The lowest BCUT2D eigenvalue weighted by molar-refractivity contribution is -0.121. The van der Waals surface area contributed by atoms with Gasteiger partial charge in [-0.1, -0.05) is 24.6 Å². The van der Waals surface area contributed by atoms with Crippen molar-refractivity contribution in [3.63, 3.8) is 0 Å². The zero-order chi connectivity index (χ0) is 16.8. The van der Waals surface area contributed by atoms with E-state index in [1.807, 2.05) is 32.0 Å². The van der Waals surface area contributed by atoms with Crippen LogP contribution in [0.1, 0.15) is 54.1 Å². The largest absolute Gasteiger partial charge is 0.355 e. The number of likely N-dealkylation sites (tertiary alicyclic amines) is 1. The van der Waals surface area contributed by atoms with E-state index in [0.717, 1.165) is 36.2 Å². The molecule has 1 aromatic carbocycles. The molecule has 1 saturated heterocycles. The van der Waals surface area contributed by atoms with Gasteiger partial charge >= 0.3 is 0 Å². The van der Waals surface area contributed by atoms with Gasteiger partial charge in [-0.05, 0) is 51.4 Å². The van der Waals surface area contributed by atoms with E-state index in [0.29, 0.717) is 12.6 Å². The summed E-state index contributed by atoms with van der Waals surface area (Å²) < 4.78 is 0. The summed E-state index contributed by atoms with van der Waals surface area (Å²) in [5, 5.41) is 2.99. The minimum atomic E-state index is -0.0217. The third-order valence-corrected chi connectivity index (χ3v) is 4.71. The molecule has 0 saturated carbocycles. The van der Waals surface area contributed by atoms with Crippen LogP contribution in [-0.4, -0.2) is 42.3 Å². The first kappa shape index (κ1) is 17.7. The lowest BCUT2D eigenvalue weighted by atomic mass is 9.99. The number of hydrogen-bond donors (Lipinski definition) is 1. The minimum Gasteiger partial charge on any atom is -0.355 e. The summed E-state index contributed by atoms with van der Waals surface area (Å²) in [6.45, 7) is 8.93. The highest BCUT2D eigenvalue weighted by atomic mass is 16.2. The summed E-state index contributed by atoms with van der Waals surface area (Å²) in [6, 6.07) is 6.33. The maximum Gasteiger partial charge on any atom is 0.220 e. The smallest absolute Gasteiger partial charge is 0.220 e. The number of carbonyl (C=O) groups excluding carboxylic acids is 2. The first-order valence-corrected chi connectivity index (χ1v) is 8.62. The molecule has 1 N–H and O–H groups in total. The Labute approximate surface area is 139 Å². The summed E-state index contributed by atoms with van der Waals surface area (Å²) >= 11 is 0. The maximum absolute atomic E-state index is 12.3. The molecule has 0 radical (unpaired) electrons. The van der Waals surface area contributed by atoms with Crippen LogP contribution in [0.25, 0.3) is 0 Å². The van der Waals surface area contributed by atoms with Crippen LogP contribution >= 0.6 is 0 Å². The van der Waals surface area contributed by atoms with Crippen molar-refractivity contribution < 1.29 is 9.59 Å². The standard InChI is InChI=1S/C19H28N2O2/c1-4-21-11-5-6-16(21)13-20-19(23)10-9-18(22)17-12-14(2)7-8-15(17)3/h7-8,12,16H,4-6,9-11,13H2,1-3H3,(H,20,23). The monoisotopic (exact) mass is 316 g/mol. The second-order valence-corrected chi connectivity index (χ2v) is 6.47. The van der Waals surface area contributed by atoms with Crippen LogP contribution < -0.4 is 5.32 Å². The van der Waals surface area contributed by atoms with Gasteiger partial charge in [0.25, 0.3) is 0 Å². The molecular weight excluding hydrogens is 288 g/mol. The molecule has 1 aromatic rings. The SMILES string of the molecule is CCN1CCCC1CNC(=O)CCC(=O)c1cc(C)ccc1C. The van der Waals surface area contributed by atoms with E-state index in [4.69, 9.17) is 0 Å². The Balaban J connectivity index is 1.78. The highest BCUT2D eigenvalue weighted by molar-refractivity contribution is 5.99. The van der Waals surface area contributed by atoms with Crippen molar-refractivity contribution in [2.75, 3.05) is 19.6 Å². The number of likely N-dealkylation sites (N-methyl/N-ethyl adjacent to an activating group) is 1. The van der Waals surface area contributed by atoms with Crippen molar-refractivity contribution in [1.82, 2.24) is 10.2 Å². The van der Waals surface area contributed by atoms with Gasteiger partial charge in [-0.25, -0.2) is 0 Å². The van der Waals surface area contributed by atoms with Gasteiger partial charge in [0.05, 0.1) is 0 Å². The van der Waals surface area contributed by atoms with Gasteiger partial charge < -0.3 is 5.32 Å². The molecule has 0 aliphatic carbocycles. The normalized spacial score (nSPS) is 18.1. The van der Waals surface area contributed by atoms with Gasteiger partial charge in [0.1, 0.15) is 0 Å². The quantitative estimate of drug-likeness (QED) is 0.787. The van der Waals surface area contributed by atoms with E-state index in [9.17, 15) is 9.59 Å². The van der Waals surface area contributed by atoms with E-state index in [1.165, 1.54) is 6.42 Å². The molecule has 1 fully saturated rings. The van der Waals surface area contributed by atoms with Gasteiger partial charge in [-0.3, -0.25) is 14.5 Å². The number of benzene rings is 1. The number of amides is 1. The fraction of sp³-hybridized carbons (Fsp3) is 0.579. The number of nitrogens with one attached hydrogen (secondary N) is 1. The Hall–Kier alpha value is -1.68. The van der Waals surface area contributed by atoms with Gasteiger partial charge in [-0.2, -0.15) is 0 Å². The predicted octanol–water partition coefficient (Wildman–Crippen LogP) is 2.87. The number of nitrogens with zero attached hydrogens (tertiary/aromatic N) is 1. The number of hydrogen-bond acceptors (Lipinski definition) is 3. The first-order valence-electron chi connectivity index (χ1n) is 8.62. The predicted molar refractivity (Wildman–Crippen MR) is 92.8 cm³/mol. The Morgan fingerprint density at radius 3 is 2.78 bits per heavy atom. The summed E-state index contributed by atoms with van der Waals surface area (Å²) in [7, 11) is 0. The summed E-state index contributed by atoms with van der Waals surface area (Å²) in [4.78, 5) is 26.7. The number of ketones is 1. The van der Waals surface area contributed by atoms with Crippen LogP contribution in [0.3, 0.4) is 0 Å². The molecule has 1 unspecified atom stereocenters.